The van der Waals surface area contributed by atoms with Gasteiger partial charge in [0.1, 0.15) is 0 Å². The summed E-state index contributed by atoms with van der Waals surface area (Å²) < 4.78 is 4.90. The van der Waals surface area contributed by atoms with Crippen molar-refractivity contribution in [1.82, 2.24) is 0 Å². The Labute approximate surface area is 88.9 Å². The van der Waals surface area contributed by atoms with Crippen LogP contribution in [0.1, 0.15) is 6.92 Å². The van der Waals surface area contributed by atoms with Gasteiger partial charge in [-0.3, -0.25) is 0 Å². The number of nitrogens with one attached hydrogen (secondary N) is 1. The minimum atomic E-state index is -1.10. The predicted molar refractivity (Wildman–Crippen MR) is 58.0 cm³/mol. The lowest BCUT2D eigenvalue weighted by molar-refractivity contribution is -0.143. The van der Waals surface area contributed by atoms with E-state index < -0.39 is 11.5 Å². The molecule has 0 spiro atoms. The maximum Gasteiger partial charge on any atom is 0.331 e. The molecular weight excluding hydrogens is 194 g/mol. The van der Waals surface area contributed by atoms with E-state index in [1.165, 1.54) is 7.11 Å². The molecule has 4 nitrogen and oxygen atoms in total. The van der Waals surface area contributed by atoms with Crippen LogP contribution in [-0.4, -0.2) is 30.3 Å². The summed E-state index contributed by atoms with van der Waals surface area (Å²) >= 11 is 0. The number of carboxylic acid groups (broad SMARTS) is 1. The van der Waals surface area contributed by atoms with E-state index in [4.69, 9.17) is 9.84 Å². The molecule has 0 radical (unpaired) electrons. The van der Waals surface area contributed by atoms with Crippen LogP contribution in [0.4, 0.5) is 5.69 Å². The number of rotatable bonds is 5. The second kappa shape index (κ2) is 4.79. The number of ether oxygens (including phenoxy) is 1. The summed E-state index contributed by atoms with van der Waals surface area (Å²) in [4.78, 5) is 11.1. The van der Waals surface area contributed by atoms with E-state index in [1.807, 2.05) is 30.3 Å². The average molecular weight is 209 g/mol. The second-order valence-corrected chi connectivity index (χ2v) is 3.56. The van der Waals surface area contributed by atoms with Crippen LogP contribution < -0.4 is 5.32 Å². The first-order valence-corrected chi connectivity index (χ1v) is 4.64. The molecule has 0 aliphatic carbocycles. The second-order valence-electron chi connectivity index (χ2n) is 3.56. The zero-order valence-electron chi connectivity index (χ0n) is 8.86. The molecule has 1 aromatic rings. The molecular formula is C11H15NO3. The maximum absolute atomic E-state index is 11.1. The fourth-order valence-corrected chi connectivity index (χ4v) is 1.28. The van der Waals surface area contributed by atoms with Crippen molar-refractivity contribution >= 4 is 11.7 Å². The Bertz CT molecular complexity index is 326. The molecule has 0 aliphatic heterocycles. The van der Waals surface area contributed by atoms with E-state index in [-0.39, 0.29) is 6.61 Å². The van der Waals surface area contributed by atoms with Gasteiger partial charge in [0, 0.05) is 12.8 Å². The number of hydrogen-bond acceptors (Lipinski definition) is 3. The molecule has 0 saturated carbocycles. The normalized spacial score (nSPS) is 14.3. The van der Waals surface area contributed by atoms with Crippen molar-refractivity contribution < 1.29 is 14.6 Å². The summed E-state index contributed by atoms with van der Waals surface area (Å²) in [6.07, 6.45) is 0. The molecule has 1 atom stereocenters. The van der Waals surface area contributed by atoms with Crippen molar-refractivity contribution in [3.63, 3.8) is 0 Å². The molecule has 0 bridgehead atoms. The number of benzene rings is 1. The summed E-state index contributed by atoms with van der Waals surface area (Å²) in [5, 5.41) is 12.0. The zero-order chi connectivity index (χ0) is 11.3. The molecule has 1 aromatic carbocycles. The highest BCUT2D eigenvalue weighted by molar-refractivity contribution is 5.82. The highest BCUT2D eigenvalue weighted by atomic mass is 16.5. The smallest absolute Gasteiger partial charge is 0.331 e. The molecule has 0 saturated heterocycles. The Balaban J connectivity index is 2.80. The van der Waals surface area contributed by atoms with E-state index in [1.54, 1.807) is 6.92 Å². The van der Waals surface area contributed by atoms with Crippen molar-refractivity contribution in [3.05, 3.63) is 30.3 Å². The first kappa shape index (κ1) is 11.5. The van der Waals surface area contributed by atoms with Gasteiger partial charge in [0.05, 0.1) is 6.61 Å². The Morgan fingerprint density at radius 3 is 2.53 bits per heavy atom. The highest BCUT2D eigenvalue weighted by Crippen LogP contribution is 2.15. The monoisotopic (exact) mass is 209 g/mol. The lowest BCUT2D eigenvalue weighted by Crippen LogP contribution is -2.47. The van der Waals surface area contributed by atoms with Crippen LogP contribution in [0.5, 0.6) is 0 Å². The van der Waals surface area contributed by atoms with Gasteiger partial charge in [0.15, 0.2) is 5.54 Å². The van der Waals surface area contributed by atoms with Crippen LogP contribution in [0.2, 0.25) is 0 Å². The van der Waals surface area contributed by atoms with Crippen LogP contribution in [0.15, 0.2) is 30.3 Å². The summed E-state index contributed by atoms with van der Waals surface area (Å²) in [6, 6.07) is 9.20. The van der Waals surface area contributed by atoms with E-state index in [2.05, 4.69) is 5.32 Å². The van der Waals surface area contributed by atoms with E-state index in [9.17, 15) is 4.79 Å². The van der Waals surface area contributed by atoms with Gasteiger partial charge in [-0.1, -0.05) is 18.2 Å². The van der Waals surface area contributed by atoms with Gasteiger partial charge in [0.2, 0.25) is 0 Å². The summed E-state index contributed by atoms with van der Waals surface area (Å²) in [6.45, 7) is 1.70. The Hall–Kier alpha value is -1.55. The predicted octanol–water partition coefficient (Wildman–Crippen LogP) is 1.59. The highest BCUT2D eigenvalue weighted by Gasteiger charge is 2.32. The number of aliphatic carboxylic acids is 1. The van der Waals surface area contributed by atoms with Crippen molar-refractivity contribution in [2.24, 2.45) is 0 Å². The molecule has 0 aliphatic rings. The first-order chi connectivity index (χ1) is 7.08. The topological polar surface area (TPSA) is 58.6 Å². The maximum atomic E-state index is 11.1. The number of methoxy groups -OCH3 is 1. The van der Waals surface area contributed by atoms with Crippen LogP contribution in [0, 0.1) is 0 Å². The van der Waals surface area contributed by atoms with Crippen molar-refractivity contribution in [2.45, 2.75) is 12.5 Å². The molecule has 15 heavy (non-hydrogen) atoms. The third-order valence-corrected chi connectivity index (χ3v) is 2.10. The van der Waals surface area contributed by atoms with E-state index >= 15 is 0 Å². The van der Waals surface area contributed by atoms with E-state index in [0.29, 0.717) is 0 Å². The Kier molecular flexibility index (Phi) is 3.68. The van der Waals surface area contributed by atoms with E-state index in [0.717, 1.165) is 5.69 Å². The summed E-state index contributed by atoms with van der Waals surface area (Å²) in [5.41, 5.74) is -0.338. The SMILES string of the molecule is COC[C@](C)(Nc1ccccc1)C(=O)O. The molecule has 1 rings (SSSR count). The Morgan fingerprint density at radius 1 is 1.47 bits per heavy atom. The van der Waals surface area contributed by atoms with Gasteiger partial charge >= 0.3 is 5.97 Å². The standard InChI is InChI=1S/C11H15NO3/c1-11(8-15-2,10(13)14)12-9-6-4-3-5-7-9/h3-7,12H,8H2,1-2H3,(H,13,14)/t11-/m0/s1. The first-order valence-electron chi connectivity index (χ1n) is 4.64. The number of anilines is 1. The zero-order valence-corrected chi connectivity index (χ0v) is 8.86. The third-order valence-electron chi connectivity index (χ3n) is 2.10. The number of carboxylic acids is 1. The summed E-state index contributed by atoms with van der Waals surface area (Å²) in [5.74, 6) is -0.937. The minimum Gasteiger partial charge on any atom is -0.479 e. The average Bonchev–Trinajstić information content (AvgIpc) is 2.19. The number of para-hydroxylation sites is 1. The molecule has 4 heteroatoms. The molecule has 82 valence electrons. The number of carbonyl (C=O) groups is 1. The molecule has 0 amide bonds. The molecule has 0 heterocycles. The number of hydrogen-bond donors (Lipinski definition) is 2. The van der Waals surface area contributed by atoms with Gasteiger partial charge in [-0.05, 0) is 19.1 Å². The van der Waals surface area contributed by atoms with Crippen LogP contribution in [-0.2, 0) is 9.53 Å². The molecule has 0 fully saturated rings. The van der Waals surface area contributed by atoms with Gasteiger partial charge in [-0.25, -0.2) is 4.79 Å². The van der Waals surface area contributed by atoms with Crippen LogP contribution in [0.3, 0.4) is 0 Å². The van der Waals surface area contributed by atoms with Crippen molar-refractivity contribution in [2.75, 3.05) is 19.0 Å². The Morgan fingerprint density at radius 2 is 2.07 bits per heavy atom. The molecule has 0 aromatic heterocycles. The van der Waals surface area contributed by atoms with Crippen LogP contribution >= 0.6 is 0 Å². The molecule has 2 N–H and O–H groups in total. The van der Waals surface area contributed by atoms with Crippen molar-refractivity contribution in [1.29, 1.82) is 0 Å². The van der Waals surface area contributed by atoms with Crippen LogP contribution in [0.25, 0.3) is 0 Å². The van der Waals surface area contributed by atoms with Gasteiger partial charge in [-0.15, -0.1) is 0 Å². The minimum absolute atomic E-state index is 0.108. The largest absolute Gasteiger partial charge is 0.479 e. The third kappa shape index (κ3) is 2.95. The lowest BCUT2D eigenvalue weighted by atomic mass is 10.0. The summed E-state index contributed by atoms with van der Waals surface area (Å²) in [7, 11) is 1.48. The van der Waals surface area contributed by atoms with Gasteiger partial charge in [-0.2, -0.15) is 0 Å². The lowest BCUT2D eigenvalue weighted by Gasteiger charge is -2.26. The fraction of sp³-hybridized carbons (Fsp3) is 0.364. The molecule has 0 unspecified atom stereocenters. The fourth-order valence-electron chi connectivity index (χ4n) is 1.28. The quantitative estimate of drug-likeness (QED) is 0.773. The van der Waals surface area contributed by atoms with Crippen molar-refractivity contribution in [3.8, 4) is 0 Å². The van der Waals surface area contributed by atoms with Gasteiger partial charge in [0.25, 0.3) is 0 Å². The van der Waals surface area contributed by atoms with Gasteiger partial charge < -0.3 is 15.2 Å².